The van der Waals surface area contributed by atoms with Crippen molar-refractivity contribution in [1.29, 1.82) is 0 Å². The van der Waals surface area contributed by atoms with Gasteiger partial charge in [-0.3, -0.25) is 0 Å². The third-order valence-corrected chi connectivity index (χ3v) is 3.68. The number of thioether (sulfide) groups is 1. The summed E-state index contributed by atoms with van der Waals surface area (Å²) in [5.41, 5.74) is 2.33. The van der Waals surface area contributed by atoms with Crippen molar-refractivity contribution in [2.45, 2.75) is 18.9 Å². The number of hydrogen-bond donors (Lipinski definition) is 0. The fourth-order valence-electron chi connectivity index (χ4n) is 1.70. The van der Waals surface area contributed by atoms with E-state index in [2.05, 4.69) is 36.2 Å². The van der Waals surface area contributed by atoms with E-state index in [0.717, 1.165) is 27.7 Å². The average molecular weight is 295 g/mol. The van der Waals surface area contributed by atoms with Crippen LogP contribution in [-0.4, -0.2) is 22.6 Å². The number of para-hydroxylation sites is 1. The van der Waals surface area contributed by atoms with E-state index in [-0.39, 0.29) is 0 Å². The van der Waals surface area contributed by atoms with Crippen LogP contribution in [0.25, 0.3) is 0 Å². The van der Waals surface area contributed by atoms with Crippen LogP contribution in [0.5, 0.6) is 5.75 Å². The molecule has 19 heavy (non-hydrogen) atoms. The number of halogens is 1. The molecule has 0 N–H and O–H groups in total. The zero-order valence-corrected chi connectivity index (χ0v) is 12.5. The molecule has 0 aliphatic rings. The van der Waals surface area contributed by atoms with Gasteiger partial charge in [0.1, 0.15) is 10.8 Å². The molecular formula is C14H15ClN2OS. The second kappa shape index (κ2) is 6.78. The SMILES string of the molecule is Cc1cccc(C)c1OCCSc1ccc(Cl)nn1. The highest BCUT2D eigenvalue weighted by atomic mass is 35.5. The summed E-state index contributed by atoms with van der Waals surface area (Å²) in [5.74, 6) is 1.80. The first-order valence-corrected chi connectivity index (χ1v) is 7.34. The van der Waals surface area contributed by atoms with Crippen LogP contribution in [-0.2, 0) is 0 Å². The van der Waals surface area contributed by atoms with Crippen molar-refractivity contribution in [3.63, 3.8) is 0 Å². The molecule has 1 aromatic heterocycles. The summed E-state index contributed by atoms with van der Waals surface area (Å²) in [7, 11) is 0. The van der Waals surface area contributed by atoms with Crippen molar-refractivity contribution in [1.82, 2.24) is 10.2 Å². The molecule has 100 valence electrons. The molecule has 0 fully saturated rings. The van der Waals surface area contributed by atoms with Gasteiger partial charge in [-0.1, -0.05) is 29.8 Å². The molecule has 0 amide bonds. The molecule has 5 heteroatoms. The summed E-state index contributed by atoms with van der Waals surface area (Å²) in [6.07, 6.45) is 0. The highest BCUT2D eigenvalue weighted by Gasteiger charge is 2.03. The monoisotopic (exact) mass is 294 g/mol. The largest absolute Gasteiger partial charge is 0.492 e. The number of rotatable bonds is 5. The first-order chi connectivity index (χ1) is 9.16. The number of benzene rings is 1. The van der Waals surface area contributed by atoms with E-state index in [1.54, 1.807) is 17.8 Å². The molecule has 0 saturated heterocycles. The second-order valence-electron chi connectivity index (χ2n) is 4.11. The van der Waals surface area contributed by atoms with Crippen LogP contribution in [0, 0.1) is 13.8 Å². The molecule has 0 unspecified atom stereocenters. The third-order valence-electron chi connectivity index (χ3n) is 2.60. The molecule has 0 saturated carbocycles. The van der Waals surface area contributed by atoms with Gasteiger partial charge < -0.3 is 4.74 Å². The van der Waals surface area contributed by atoms with Crippen molar-refractivity contribution in [2.24, 2.45) is 0 Å². The van der Waals surface area contributed by atoms with Gasteiger partial charge in [0.05, 0.1) is 6.61 Å². The van der Waals surface area contributed by atoms with E-state index in [1.807, 2.05) is 12.1 Å². The number of hydrogen-bond acceptors (Lipinski definition) is 4. The van der Waals surface area contributed by atoms with Crippen molar-refractivity contribution in [3.8, 4) is 5.75 Å². The molecule has 0 atom stereocenters. The van der Waals surface area contributed by atoms with Gasteiger partial charge in [0.15, 0.2) is 5.15 Å². The normalized spacial score (nSPS) is 10.5. The maximum absolute atomic E-state index is 5.82. The van der Waals surface area contributed by atoms with Gasteiger partial charge in [0.25, 0.3) is 0 Å². The third kappa shape index (κ3) is 4.11. The first-order valence-electron chi connectivity index (χ1n) is 5.98. The topological polar surface area (TPSA) is 35.0 Å². The minimum Gasteiger partial charge on any atom is -0.492 e. The minimum absolute atomic E-state index is 0.413. The highest BCUT2D eigenvalue weighted by Crippen LogP contribution is 2.23. The molecule has 0 spiro atoms. The Morgan fingerprint density at radius 3 is 2.47 bits per heavy atom. The smallest absolute Gasteiger partial charge is 0.151 e. The Hall–Kier alpha value is -1.26. The van der Waals surface area contributed by atoms with Gasteiger partial charge in [0.2, 0.25) is 0 Å². The molecular weight excluding hydrogens is 280 g/mol. The maximum Gasteiger partial charge on any atom is 0.151 e. The van der Waals surface area contributed by atoms with Crippen LogP contribution in [0.15, 0.2) is 35.4 Å². The summed E-state index contributed by atoms with van der Waals surface area (Å²) in [4.78, 5) is 0. The summed E-state index contributed by atoms with van der Waals surface area (Å²) < 4.78 is 5.82. The Bertz CT molecular complexity index is 525. The van der Waals surface area contributed by atoms with E-state index in [1.165, 1.54) is 0 Å². The Labute approximate surface area is 122 Å². The lowest BCUT2D eigenvalue weighted by Gasteiger charge is -2.11. The van der Waals surface area contributed by atoms with Gasteiger partial charge in [-0.25, -0.2) is 0 Å². The fourth-order valence-corrected chi connectivity index (χ4v) is 2.44. The van der Waals surface area contributed by atoms with E-state index < -0.39 is 0 Å². The number of aryl methyl sites for hydroxylation is 2. The van der Waals surface area contributed by atoms with Crippen LogP contribution < -0.4 is 4.74 Å². The lowest BCUT2D eigenvalue weighted by atomic mass is 10.1. The minimum atomic E-state index is 0.413. The zero-order valence-electron chi connectivity index (χ0n) is 10.9. The molecule has 0 bridgehead atoms. The second-order valence-corrected chi connectivity index (χ2v) is 5.61. The average Bonchev–Trinajstić information content (AvgIpc) is 2.39. The zero-order chi connectivity index (χ0) is 13.7. The highest BCUT2D eigenvalue weighted by molar-refractivity contribution is 7.99. The summed E-state index contributed by atoms with van der Waals surface area (Å²) in [6.45, 7) is 4.75. The fraction of sp³-hybridized carbons (Fsp3) is 0.286. The number of nitrogens with zero attached hydrogens (tertiary/aromatic N) is 2. The lowest BCUT2D eigenvalue weighted by molar-refractivity contribution is 0.339. The lowest BCUT2D eigenvalue weighted by Crippen LogP contribution is -2.03. The van der Waals surface area contributed by atoms with Crippen LogP contribution in [0.4, 0.5) is 0 Å². The summed E-state index contributed by atoms with van der Waals surface area (Å²) >= 11 is 7.28. The summed E-state index contributed by atoms with van der Waals surface area (Å²) in [5, 5.41) is 9.05. The van der Waals surface area contributed by atoms with Gasteiger partial charge in [-0.05, 0) is 37.1 Å². The first kappa shape index (κ1) is 14.2. The molecule has 0 aliphatic carbocycles. The predicted octanol–water partition coefficient (Wildman–Crippen LogP) is 3.92. The van der Waals surface area contributed by atoms with E-state index in [9.17, 15) is 0 Å². The Kier molecular flexibility index (Phi) is 5.05. The predicted molar refractivity (Wildman–Crippen MR) is 79.2 cm³/mol. The molecule has 1 aromatic carbocycles. The van der Waals surface area contributed by atoms with Crippen LogP contribution in [0.3, 0.4) is 0 Å². The molecule has 3 nitrogen and oxygen atoms in total. The molecule has 0 aliphatic heterocycles. The van der Waals surface area contributed by atoms with Crippen molar-refractivity contribution in [3.05, 3.63) is 46.6 Å². The number of aromatic nitrogens is 2. The van der Waals surface area contributed by atoms with Gasteiger partial charge >= 0.3 is 0 Å². The van der Waals surface area contributed by atoms with E-state index in [0.29, 0.717) is 11.8 Å². The Balaban J connectivity index is 1.82. The van der Waals surface area contributed by atoms with Crippen LogP contribution >= 0.6 is 23.4 Å². The van der Waals surface area contributed by atoms with Crippen LogP contribution in [0.2, 0.25) is 5.15 Å². The van der Waals surface area contributed by atoms with Crippen molar-refractivity contribution < 1.29 is 4.74 Å². The van der Waals surface area contributed by atoms with E-state index in [4.69, 9.17) is 16.3 Å². The van der Waals surface area contributed by atoms with Gasteiger partial charge in [0, 0.05) is 5.75 Å². The number of ether oxygens (including phenoxy) is 1. The Morgan fingerprint density at radius 2 is 1.84 bits per heavy atom. The molecule has 0 radical (unpaired) electrons. The maximum atomic E-state index is 5.82. The Morgan fingerprint density at radius 1 is 1.11 bits per heavy atom. The van der Waals surface area contributed by atoms with Crippen molar-refractivity contribution >= 4 is 23.4 Å². The molecule has 2 rings (SSSR count). The molecule has 1 heterocycles. The quantitative estimate of drug-likeness (QED) is 0.618. The molecule has 2 aromatic rings. The standard InChI is InChI=1S/C14H15ClN2OS/c1-10-4-3-5-11(2)14(10)18-8-9-19-13-7-6-12(15)16-17-13/h3-7H,8-9H2,1-2H3. The van der Waals surface area contributed by atoms with Gasteiger partial charge in [-0.15, -0.1) is 22.0 Å². The summed E-state index contributed by atoms with van der Waals surface area (Å²) in [6, 6.07) is 9.75. The van der Waals surface area contributed by atoms with Crippen molar-refractivity contribution in [2.75, 3.05) is 12.4 Å². The van der Waals surface area contributed by atoms with Gasteiger partial charge in [-0.2, -0.15) is 0 Å². The van der Waals surface area contributed by atoms with E-state index >= 15 is 0 Å². The van der Waals surface area contributed by atoms with Crippen LogP contribution in [0.1, 0.15) is 11.1 Å².